The quantitative estimate of drug-likeness (QED) is 0.367. The maximum absolute atomic E-state index is 12.3. The summed E-state index contributed by atoms with van der Waals surface area (Å²) in [6.07, 6.45) is 3.47. The Balaban J connectivity index is 1.75. The zero-order chi connectivity index (χ0) is 14.9. The molecule has 3 heteroatoms. The molecule has 4 rings (SSSR count). The normalized spacial score (nSPS) is 11.6. The summed E-state index contributed by atoms with van der Waals surface area (Å²) in [6, 6.07) is 17.4. The Hall–Kier alpha value is -2.65. The zero-order valence-electron chi connectivity index (χ0n) is 11.7. The average Bonchev–Trinajstić information content (AvgIpc) is 3.19. The van der Waals surface area contributed by atoms with Crippen LogP contribution in [0.15, 0.2) is 70.5 Å². The van der Waals surface area contributed by atoms with Gasteiger partial charge in [-0.3, -0.25) is 4.79 Å². The lowest BCUT2D eigenvalue weighted by Gasteiger charge is -1.96. The van der Waals surface area contributed by atoms with Crippen LogP contribution < -0.4 is 0 Å². The van der Waals surface area contributed by atoms with E-state index in [9.17, 15) is 4.79 Å². The number of rotatable bonds is 3. The van der Waals surface area contributed by atoms with E-state index < -0.39 is 0 Å². The summed E-state index contributed by atoms with van der Waals surface area (Å²) in [5, 5.41) is 4.01. The number of hydrogen-bond donors (Lipinski definition) is 0. The Morgan fingerprint density at radius 2 is 1.82 bits per heavy atom. The number of ketones is 1. The molecule has 2 aromatic carbocycles. The highest BCUT2D eigenvalue weighted by Crippen LogP contribution is 2.29. The Morgan fingerprint density at radius 3 is 2.68 bits per heavy atom. The molecule has 2 heterocycles. The molecule has 0 aliphatic carbocycles. The van der Waals surface area contributed by atoms with E-state index in [0.29, 0.717) is 5.56 Å². The summed E-state index contributed by atoms with van der Waals surface area (Å²) in [5.74, 6) is 0.000538. The fourth-order valence-corrected chi connectivity index (χ4v) is 3.14. The van der Waals surface area contributed by atoms with Gasteiger partial charge >= 0.3 is 0 Å². The van der Waals surface area contributed by atoms with Crippen molar-refractivity contribution in [1.29, 1.82) is 0 Å². The second-order valence-corrected chi connectivity index (χ2v) is 6.00. The fraction of sp³-hybridized carbons (Fsp3) is 0. The summed E-state index contributed by atoms with van der Waals surface area (Å²) in [6.45, 7) is 0. The molecule has 0 N–H and O–H groups in total. The van der Waals surface area contributed by atoms with Crippen LogP contribution in [-0.2, 0) is 0 Å². The maximum atomic E-state index is 12.3. The molecule has 0 saturated heterocycles. The number of carbonyl (C=O) groups excluding carboxylic acids is 1. The van der Waals surface area contributed by atoms with E-state index in [1.807, 2.05) is 66.1 Å². The third kappa shape index (κ3) is 2.26. The van der Waals surface area contributed by atoms with Gasteiger partial charge in [0.1, 0.15) is 11.2 Å². The molecule has 2 nitrogen and oxygen atoms in total. The van der Waals surface area contributed by atoms with Crippen LogP contribution in [0.25, 0.3) is 28.0 Å². The molecule has 0 amide bonds. The topological polar surface area (TPSA) is 30.2 Å². The standard InChI is InChI=1S/C19H12O2S/c20-17(9-8-14-4-3-11-22-14)13-7-10-19-16(12-13)15-5-1-2-6-18(15)21-19/h1-12H. The lowest BCUT2D eigenvalue weighted by Crippen LogP contribution is -1.93. The predicted molar refractivity (Wildman–Crippen MR) is 91.4 cm³/mol. The van der Waals surface area contributed by atoms with Gasteiger partial charge in [-0.25, -0.2) is 0 Å². The first kappa shape index (κ1) is 13.0. The van der Waals surface area contributed by atoms with Gasteiger partial charge in [0.25, 0.3) is 0 Å². The van der Waals surface area contributed by atoms with E-state index >= 15 is 0 Å². The van der Waals surface area contributed by atoms with Gasteiger partial charge in [0, 0.05) is 21.2 Å². The fourth-order valence-electron chi connectivity index (χ4n) is 2.52. The minimum Gasteiger partial charge on any atom is -0.456 e. The van der Waals surface area contributed by atoms with E-state index in [2.05, 4.69) is 0 Å². The third-order valence-electron chi connectivity index (χ3n) is 3.60. The highest BCUT2D eigenvalue weighted by molar-refractivity contribution is 7.10. The van der Waals surface area contributed by atoms with Crippen LogP contribution >= 0.6 is 11.3 Å². The Labute approximate surface area is 131 Å². The van der Waals surface area contributed by atoms with Crippen LogP contribution in [-0.4, -0.2) is 5.78 Å². The van der Waals surface area contributed by atoms with Crippen molar-refractivity contribution in [2.45, 2.75) is 0 Å². The van der Waals surface area contributed by atoms with Crippen molar-refractivity contribution >= 4 is 45.1 Å². The minimum absolute atomic E-state index is 0.000538. The summed E-state index contributed by atoms with van der Waals surface area (Å²) >= 11 is 1.61. The molecule has 0 aliphatic rings. The molecule has 0 aliphatic heterocycles. The largest absolute Gasteiger partial charge is 0.456 e. The van der Waals surface area contributed by atoms with Crippen molar-refractivity contribution in [3.8, 4) is 0 Å². The number of thiophene rings is 1. The SMILES string of the molecule is O=C(C=Cc1cccs1)c1ccc2oc3ccccc3c2c1. The van der Waals surface area contributed by atoms with Crippen LogP contribution in [0, 0.1) is 0 Å². The van der Waals surface area contributed by atoms with Gasteiger partial charge in [-0.15, -0.1) is 11.3 Å². The summed E-state index contributed by atoms with van der Waals surface area (Å²) in [5.41, 5.74) is 2.32. The van der Waals surface area contributed by atoms with Crippen molar-refractivity contribution in [3.05, 3.63) is 76.5 Å². The highest BCUT2D eigenvalue weighted by atomic mass is 32.1. The molecule has 4 aromatic rings. The van der Waals surface area contributed by atoms with Gasteiger partial charge in [0.2, 0.25) is 0 Å². The van der Waals surface area contributed by atoms with E-state index in [-0.39, 0.29) is 5.78 Å². The number of benzene rings is 2. The first-order chi connectivity index (χ1) is 10.8. The molecule has 0 saturated carbocycles. The summed E-state index contributed by atoms with van der Waals surface area (Å²) < 4.78 is 5.78. The second-order valence-electron chi connectivity index (χ2n) is 5.02. The average molecular weight is 304 g/mol. The van der Waals surface area contributed by atoms with E-state index in [4.69, 9.17) is 4.42 Å². The molecular weight excluding hydrogens is 292 g/mol. The Kier molecular flexibility index (Phi) is 3.13. The molecule has 22 heavy (non-hydrogen) atoms. The van der Waals surface area contributed by atoms with Gasteiger partial charge in [-0.05, 0) is 47.9 Å². The van der Waals surface area contributed by atoms with Crippen molar-refractivity contribution in [1.82, 2.24) is 0 Å². The number of furan rings is 1. The number of hydrogen-bond acceptors (Lipinski definition) is 3. The van der Waals surface area contributed by atoms with E-state index in [0.717, 1.165) is 26.8 Å². The van der Waals surface area contributed by atoms with Crippen LogP contribution in [0.5, 0.6) is 0 Å². The van der Waals surface area contributed by atoms with E-state index in [1.54, 1.807) is 17.4 Å². The monoisotopic (exact) mass is 304 g/mol. The molecule has 106 valence electrons. The third-order valence-corrected chi connectivity index (χ3v) is 4.44. The van der Waals surface area contributed by atoms with Crippen molar-refractivity contribution < 1.29 is 9.21 Å². The second kappa shape index (κ2) is 5.28. The number of carbonyl (C=O) groups is 1. The smallest absolute Gasteiger partial charge is 0.185 e. The number of allylic oxidation sites excluding steroid dienone is 1. The van der Waals surface area contributed by atoms with Gasteiger partial charge in [0.05, 0.1) is 0 Å². The van der Waals surface area contributed by atoms with Crippen LogP contribution in [0.4, 0.5) is 0 Å². The molecule has 0 spiro atoms. The van der Waals surface area contributed by atoms with Crippen LogP contribution in [0.2, 0.25) is 0 Å². The molecule has 2 aromatic heterocycles. The number of fused-ring (bicyclic) bond motifs is 3. The Morgan fingerprint density at radius 1 is 0.955 bits per heavy atom. The van der Waals surface area contributed by atoms with Crippen LogP contribution in [0.3, 0.4) is 0 Å². The molecule has 0 fully saturated rings. The predicted octanol–water partition coefficient (Wildman–Crippen LogP) is 5.54. The van der Waals surface area contributed by atoms with Gasteiger partial charge in [-0.2, -0.15) is 0 Å². The molecule has 0 radical (unpaired) electrons. The summed E-state index contributed by atoms with van der Waals surface area (Å²) in [7, 11) is 0. The lowest BCUT2D eigenvalue weighted by molar-refractivity contribution is 0.104. The minimum atomic E-state index is 0.000538. The van der Waals surface area contributed by atoms with Crippen molar-refractivity contribution in [2.24, 2.45) is 0 Å². The van der Waals surface area contributed by atoms with Crippen molar-refractivity contribution in [3.63, 3.8) is 0 Å². The van der Waals surface area contributed by atoms with Crippen LogP contribution in [0.1, 0.15) is 15.2 Å². The molecular formula is C19H12O2S. The first-order valence-corrected chi connectivity index (χ1v) is 7.86. The zero-order valence-corrected chi connectivity index (χ0v) is 12.5. The maximum Gasteiger partial charge on any atom is 0.185 e. The first-order valence-electron chi connectivity index (χ1n) is 6.98. The lowest BCUT2D eigenvalue weighted by atomic mass is 10.1. The van der Waals surface area contributed by atoms with Gasteiger partial charge < -0.3 is 4.42 Å². The van der Waals surface area contributed by atoms with Gasteiger partial charge in [0.15, 0.2) is 5.78 Å². The number of para-hydroxylation sites is 1. The summed E-state index contributed by atoms with van der Waals surface area (Å²) in [4.78, 5) is 13.4. The molecule has 0 atom stereocenters. The molecule has 0 bridgehead atoms. The Bertz CT molecular complexity index is 991. The van der Waals surface area contributed by atoms with E-state index in [1.165, 1.54) is 0 Å². The molecule has 0 unspecified atom stereocenters. The van der Waals surface area contributed by atoms with Gasteiger partial charge in [-0.1, -0.05) is 24.3 Å². The van der Waals surface area contributed by atoms with Crippen molar-refractivity contribution in [2.75, 3.05) is 0 Å². The highest BCUT2D eigenvalue weighted by Gasteiger charge is 2.09.